The third-order valence-electron chi connectivity index (χ3n) is 3.34. The normalized spacial score (nSPS) is 37.0. The summed E-state index contributed by atoms with van der Waals surface area (Å²) in [4.78, 5) is 25.1. The Hall–Kier alpha value is -1.36. The van der Waals surface area contributed by atoms with Crippen LogP contribution in [0.25, 0.3) is 0 Å². The first-order valence-electron chi connectivity index (χ1n) is 5.16. The molecule has 0 aromatic heterocycles. The van der Waals surface area contributed by atoms with E-state index < -0.39 is 0 Å². The molecule has 2 N–H and O–H groups in total. The van der Waals surface area contributed by atoms with Crippen molar-refractivity contribution in [2.24, 2.45) is 17.6 Å². The zero-order valence-corrected chi connectivity index (χ0v) is 8.18. The fraction of sp³-hybridized carbons (Fsp3) is 0.600. The molecule has 2 fully saturated rings. The second kappa shape index (κ2) is 2.82. The molecule has 2 bridgehead atoms. The van der Waals surface area contributed by atoms with Gasteiger partial charge in [-0.25, -0.2) is 0 Å². The van der Waals surface area contributed by atoms with Crippen LogP contribution in [0.3, 0.4) is 0 Å². The molecule has 3 atom stereocenters. The van der Waals surface area contributed by atoms with Gasteiger partial charge in [0.05, 0.1) is 5.92 Å². The largest absolute Gasteiger partial charge is 0.493 e. The number of hydrogen-bond acceptors (Lipinski definition) is 4. The zero-order chi connectivity index (χ0) is 10.6. The highest BCUT2D eigenvalue weighted by Crippen LogP contribution is 2.47. The van der Waals surface area contributed by atoms with Crippen molar-refractivity contribution >= 4 is 11.8 Å². The summed E-state index contributed by atoms with van der Waals surface area (Å²) < 4.78 is 5.47. The van der Waals surface area contributed by atoms with Crippen molar-refractivity contribution in [1.82, 2.24) is 4.90 Å². The third-order valence-corrected chi connectivity index (χ3v) is 3.34. The van der Waals surface area contributed by atoms with Gasteiger partial charge in [-0.2, -0.15) is 0 Å². The molecular weight excluding hydrogens is 196 g/mol. The maximum Gasteiger partial charge on any atom is 0.240 e. The van der Waals surface area contributed by atoms with Gasteiger partial charge in [0, 0.05) is 19.5 Å². The number of fused-ring (bicyclic) bond motifs is 5. The molecule has 3 rings (SSSR count). The van der Waals surface area contributed by atoms with E-state index in [9.17, 15) is 9.59 Å². The molecule has 5 heteroatoms. The molecule has 0 aliphatic carbocycles. The van der Waals surface area contributed by atoms with Crippen molar-refractivity contribution in [3.05, 3.63) is 11.8 Å². The van der Waals surface area contributed by atoms with Gasteiger partial charge in [-0.15, -0.1) is 0 Å². The highest BCUT2D eigenvalue weighted by atomic mass is 16.5. The number of nitrogens with two attached hydrogens (primary N) is 1. The standard InChI is InChI=1S/C10H12N2O3/c11-3-4-12-9(13)7-5-1-2-6(15-5)8(7)10(12)14/h1,6-8H,2-4,11H2. The maximum atomic E-state index is 11.9. The molecule has 2 saturated heterocycles. The Morgan fingerprint density at radius 2 is 2.27 bits per heavy atom. The second-order valence-corrected chi connectivity index (χ2v) is 4.12. The number of imide groups is 1. The number of carbonyl (C=O) groups excluding carboxylic acids is 2. The van der Waals surface area contributed by atoms with Crippen LogP contribution in [0.5, 0.6) is 0 Å². The number of hydrogen-bond donors (Lipinski definition) is 1. The van der Waals surface area contributed by atoms with E-state index in [1.807, 2.05) is 6.08 Å². The summed E-state index contributed by atoms with van der Waals surface area (Å²) >= 11 is 0. The van der Waals surface area contributed by atoms with Crippen molar-refractivity contribution in [3.63, 3.8) is 0 Å². The summed E-state index contributed by atoms with van der Waals surface area (Å²) in [6, 6.07) is 0. The van der Waals surface area contributed by atoms with Gasteiger partial charge in [0.15, 0.2) is 0 Å². The van der Waals surface area contributed by atoms with E-state index in [-0.39, 0.29) is 29.8 Å². The van der Waals surface area contributed by atoms with Crippen LogP contribution in [0.4, 0.5) is 0 Å². The minimum absolute atomic E-state index is 0.107. The Morgan fingerprint density at radius 1 is 1.47 bits per heavy atom. The van der Waals surface area contributed by atoms with E-state index in [4.69, 9.17) is 10.5 Å². The number of ether oxygens (including phenoxy) is 1. The monoisotopic (exact) mass is 208 g/mol. The van der Waals surface area contributed by atoms with Crippen LogP contribution in [0.2, 0.25) is 0 Å². The van der Waals surface area contributed by atoms with Crippen LogP contribution in [0.15, 0.2) is 11.8 Å². The third kappa shape index (κ3) is 0.958. The minimum Gasteiger partial charge on any atom is -0.493 e. The molecule has 80 valence electrons. The first-order valence-corrected chi connectivity index (χ1v) is 5.16. The Morgan fingerprint density at radius 3 is 2.93 bits per heavy atom. The van der Waals surface area contributed by atoms with Gasteiger partial charge >= 0.3 is 0 Å². The lowest BCUT2D eigenvalue weighted by atomic mass is 9.86. The van der Waals surface area contributed by atoms with E-state index >= 15 is 0 Å². The van der Waals surface area contributed by atoms with Gasteiger partial charge in [-0.3, -0.25) is 14.5 Å². The summed E-state index contributed by atoms with van der Waals surface area (Å²) in [6.45, 7) is 0.645. The molecule has 0 spiro atoms. The topological polar surface area (TPSA) is 72.6 Å². The van der Waals surface area contributed by atoms with Gasteiger partial charge in [-0.05, 0) is 6.08 Å². The van der Waals surface area contributed by atoms with Gasteiger partial charge in [0.25, 0.3) is 0 Å². The van der Waals surface area contributed by atoms with E-state index in [0.29, 0.717) is 18.8 Å². The number of amides is 2. The Kier molecular flexibility index (Phi) is 1.68. The molecule has 0 aromatic carbocycles. The van der Waals surface area contributed by atoms with Crippen molar-refractivity contribution in [2.45, 2.75) is 12.5 Å². The fourth-order valence-corrected chi connectivity index (χ4v) is 2.70. The smallest absolute Gasteiger partial charge is 0.240 e. The van der Waals surface area contributed by atoms with Gasteiger partial charge in [0.2, 0.25) is 11.8 Å². The number of rotatable bonds is 2. The van der Waals surface area contributed by atoms with Crippen molar-refractivity contribution in [2.75, 3.05) is 13.1 Å². The van der Waals surface area contributed by atoms with E-state index in [1.54, 1.807) is 0 Å². The lowest BCUT2D eigenvalue weighted by Crippen LogP contribution is -2.37. The number of likely N-dealkylation sites (tertiary alicyclic amines) is 1. The molecule has 3 aliphatic heterocycles. The molecule has 0 radical (unpaired) electrons. The van der Waals surface area contributed by atoms with Crippen LogP contribution < -0.4 is 5.73 Å². The second-order valence-electron chi connectivity index (χ2n) is 4.12. The van der Waals surface area contributed by atoms with Crippen LogP contribution in [-0.4, -0.2) is 35.9 Å². The van der Waals surface area contributed by atoms with Gasteiger partial charge < -0.3 is 10.5 Å². The van der Waals surface area contributed by atoms with Crippen molar-refractivity contribution < 1.29 is 14.3 Å². The van der Waals surface area contributed by atoms with Gasteiger partial charge in [0.1, 0.15) is 17.8 Å². The minimum atomic E-state index is -0.345. The number of carbonyl (C=O) groups is 2. The molecule has 3 aliphatic rings. The molecule has 3 unspecified atom stereocenters. The summed E-state index contributed by atoms with van der Waals surface area (Å²) in [5.74, 6) is -0.165. The molecule has 3 heterocycles. The van der Waals surface area contributed by atoms with Crippen LogP contribution >= 0.6 is 0 Å². The molecular formula is C10H12N2O3. The fourth-order valence-electron chi connectivity index (χ4n) is 2.70. The Bertz CT molecular complexity index is 377. The first kappa shape index (κ1) is 8.91. The lowest BCUT2D eigenvalue weighted by molar-refractivity contribution is -0.141. The van der Waals surface area contributed by atoms with Crippen molar-refractivity contribution in [3.8, 4) is 0 Å². The predicted molar refractivity (Wildman–Crippen MR) is 50.3 cm³/mol. The van der Waals surface area contributed by atoms with Gasteiger partial charge in [-0.1, -0.05) is 0 Å². The number of nitrogens with zero attached hydrogens (tertiary/aromatic N) is 1. The Balaban J connectivity index is 1.95. The Labute approximate surface area is 86.9 Å². The summed E-state index contributed by atoms with van der Waals surface area (Å²) in [7, 11) is 0. The molecule has 5 nitrogen and oxygen atoms in total. The maximum absolute atomic E-state index is 11.9. The van der Waals surface area contributed by atoms with Crippen LogP contribution in [0.1, 0.15) is 6.42 Å². The predicted octanol–water partition coefficient (Wildman–Crippen LogP) is -0.767. The molecule has 2 amide bonds. The molecule has 15 heavy (non-hydrogen) atoms. The highest BCUT2D eigenvalue weighted by molar-refractivity contribution is 6.07. The van der Waals surface area contributed by atoms with E-state index in [0.717, 1.165) is 6.42 Å². The quantitative estimate of drug-likeness (QED) is 0.605. The highest BCUT2D eigenvalue weighted by Gasteiger charge is 2.59. The summed E-state index contributed by atoms with van der Waals surface area (Å²) in [6.07, 6.45) is 2.57. The van der Waals surface area contributed by atoms with Crippen LogP contribution in [0, 0.1) is 11.8 Å². The molecule has 0 saturated carbocycles. The van der Waals surface area contributed by atoms with Crippen LogP contribution in [-0.2, 0) is 14.3 Å². The average molecular weight is 208 g/mol. The van der Waals surface area contributed by atoms with Crippen molar-refractivity contribution in [1.29, 1.82) is 0 Å². The lowest BCUT2D eigenvalue weighted by Gasteiger charge is -2.15. The molecule has 0 aromatic rings. The van der Waals surface area contributed by atoms with E-state index in [2.05, 4.69) is 0 Å². The summed E-state index contributed by atoms with van der Waals surface area (Å²) in [5, 5.41) is 0. The first-order chi connectivity index (χ1) is 7.24. The zero-order valence-electron chi connectivity index (χ0n) is 8.18. The van der Waals surface area contributed by atoms with E-state index in [1.165, 1.54) is 4.90 Å². The summed E-state index contributed by atoms with van der Waals surface area (Å²) in [5.41, 5.74) is 5.38. The SMILES string of the molecule is NCCN1C(=O)C2C3=CCC(O3)C2C1=O. The average Bonchev–Trinajstić information content (AvgIpc) is 2.87.